The molecule has 0 fully saturated rings. The largest absolute Gasteiger partial charge is 0.464 e. The standard InChI is InChI=1S/C19H14N2O8S/c1-10(22)28-8-6-21-18(23)15-12-9-11(30(25,26)27)4-5-13(12)20-17(16(15)19(21)24)14-3-2-7-29-14/h2-5,7,9H,6,8H2,1H3,(H,25,26,27). The first kappa shape index (κ1) is 19.7. The van der Waals surface area contributed by atoms with Crippen LogP contribution in [0.3, 0.4) is 0 Å². The summed E-state index contributed by atoms with van der Waals surface area (Å²) in [4.78, 5) is 41.9. The van der Waals surface area contributed by atoms with Gasteiger partial charge in [-0.05, 0) is 30.3 Å². The molecule has 0 saturated carbocycles. The average Bonchev–Trinajstić information content (AvgIpc) is 3.29. The van der Waals surface area contributed by atoms with Gasteiger partial charge in [0.1, 0.15) is 12.3 Å². The van der Waals surface area contributed by atoms with Crippen LogP contribution in [0.4, 0.5) is 0 Å². The van der Waals surface area contributed by atoms with E-state index in [9.17, 15) is 27.4 Å². The third-order valence-electron chi connectivity index (χ3n) is 4.55. The van der Waals surface area contributed by atoms with E-state index in [2.05, 4.69) is 4.98 Å². The highest BCUT2D eigenvalue weighted by atomic mass is 32.2. The Balaban J connectivity index is 1.94. The summed E-state index contributed by atoms with van der Waals surface area (Å²) in [6.45, 7) is 0.813. The molecule has 154 valence electrons. The number of hydrogen-bond acceptors (Lipinski definition) is 8. The van der Waals surface area contributed by atoms with Crippen molar-refractivity contribution in [3.8, 4) is 11.5 Å². The molecule has 1 N–H and O–H groups in total. The summed E-state index contributed by atoms with van der Waals surface area (Å²) < 4.78 is 42.7. The summed E-state index contributed by atoms with van der Waals surface area (Å²) in [5.74, 6) is -1.70. The molecule has 0 saturated heterocycles. The zero-order chi connectivity index (χ0) is 21.6. The summed E-state index contributed by atoms with van der Waals surface area (Å²) in [7, 11) is -4.55. The maximum absolute atomic E-state index is 13.1. The molecule has 1 aromatic carbocycles. The molecule has 11 heteroatoms. The molecule has 10 nitrogen and oxygen atoms in total. The van der Waals surface area contributed by atoms with Gasteiger partial charge in [-0.1, -0.05) is 0 Å². The van der Waals surface area contributed by atoms with Crippen molar-refractivity contribution in [2.24, 2.45) is 0 Å². The fourth-order valence-corrected chi connectivity index (χ4v) is 3.78. The molecule has 1 aliphatic rings. The van der Waals surface area contributed by atoms with Gasteiger partial charge in [0.05, 0.1) is 34.3 Å². The molecule has 0 unspecified atom stereocenters. The zero-order valence-electron chi connectivity index (χ0n) is 15.5. The number of carbonyl (C=O) groups excluding carboxylic acids is 3. The first-order valence-electron chi connectivity index (χ1n) is 8.67. The predicted molar refractivity (Wildman–Crippen MR) is 101 cm³/mol. The molecule has 0 aliphatic carbocycles. The van der Waals surface area contributed by atoms with Crippen molar-refractivity contribution < 1.29 is 36.5 Å². The zero-order valence-corrected chi connectivity index (χ0v) is 16.3. The number of furan rings is 1. The predicted octanol–water partition coefficient (Wildman–Crippen LogP) is 1.90. The number of benzene rings is 1. The van der Waals surface area contributed by atoms with E-state index in [0.717, 1.165) is 17.0 Å². The fraction of sp³-hybridized carbons (Fsp3) is 0.158. The van der Waals surface area contributed by atoms with E-state index < -0.39 is 32.8 Å². The molecule has 2 amide bonds. The third kappa shape index (κ3) is 3.23. The maximum atomic E-state index is 13.1. The topological polar surface area (TPSA) is 144 Å². The minimum Gasteiger partial charge on any atom is -0.464 e. The fourth-order valence-electron chi connectivity index (χ4n) is 3.27. The molecule has 3 aromatic rings. The monoisotopic (exact) mass is 430 g/mol. The summed E-state index contributed by atoms with van der Waals surface area (Å²) >= 11 is 0. The minimum absolute atomic E-state index is 0.0576. The molecule has 4 rings (SSSR count). The maximum Gasteiger partial charge on any atom is 0.302 e. The lowest BCUT2D eigenvalue weighted by molar-refractivity contribution is -0.141. The Bertz CT molecular complexity index is 1310. The number of hydrogen-bond donors (Lipinski definition) is 1. The average molecular weight is 430 g/mol. The van der Waals surface area contributed by atoms with E-state index in [1.165, 1.54) is 19.3 Å². The number of aromatic nitrogens is 1. The van der Waals surface area contributed by atoms with Gasteiger partial charge in [0.2, 0.25) is 0 Å². The smallest absolute Gasteiger partial charge is 0.302 e. The van der Waals surface area contributed by atoms with Crippen LogP contribution < -0.4 is 0 Å². The summed E-state index contributed by atoms with van der Waals surface area (Å²) in [6, 6.07) is 6.71. The molecule has 0 atom stereocenters. The number of esters is 1. The number of carbonyl (C=O) groups is 3. The lowest BCUT2D eigenvalue weighted by atomic mass is 10.0. The minimum atomic E-state index is -4.55. The van der Waals surface area contributed by atoms with Crippen molar-refractivity contribution in [1.29, 1.82) is 0 Å². The molecule has 0 spiro atoms. The highest BCUT2D eigenvalue weighted by Gasteiger charge is 2.40. The van der Waals surface area contributed by atoms with Crippen LogP contribution in [0.5, 0.6) is 0 Å². The van der Waals surface area contributed by atoms with Gasteiger partial charge in [0, 0.05) is 12.3 Å². The molecule has 30 heavy (non-hydrogen) atoms. The Morgan fingerprint density at radius 1 is 1.20 bits per heavy atom. The summed E-state index contributed by atoms with van der Waals surface area (Å²) in [5, 5.41) is 0.0868. The highest BCUT2D eigenvalue weighted by Crippen LogP contribution is 2.37. The SMILES string of the molecule is CC(=O)OCCN1C(=O)c2c(-c3ccco3)nc3ccc(S(=O)(=O)O)cc3c2C1=O. The van der Waals surface area contributed by atoms with Crippen molar-refractivity contribution >= 4 is 38.8 Å². The molecular weight excluding hydrogens is 416 g/mol. The Labute approximate surface area is 169 Å². The van der Waals surface area contributed by atoms with Crippen LogP contribution in [0.1, 0.15) is 27.6 Å². The van der Waals surface area contributed by atoms with Crippen LogP contribution >= 0.6 is 0 Å². The van der Waals surface area contributed by atoms with Crippen LogP contribution in [0, 0.1) is 0 Å². The summed E-state index contributed by atoms with van der Waals surface area (Å²) in [6.07, 6.45) is 1.38. The van der Waals surface area contributed by atoms with Gasteiger partial charge in [-0.25, -0.2) is 4.98 Å². The lowest BCUT2D eigenvalue weighted by Crippen LogP contribution is -2.33. The van der Waals surface area contributed by atoms with E-state index in [0.29, 0.717) is 0 Å². The Hall–Kier alpha value is -3.57. The quantitative estimate of drug-likeness (QED) is 0.364. The van der Waals surface area contributed by atoms with Gasteiger partial charge in [-0.2, -0.15) is 8.42 Å². The van der Waals surface area contributed by atoms with Crippen LogP contribution in [0.15, 0.2) is 45.9 Å². The van der Waals surface area contributed by atoms with Gasteiger partial charge in [0.15, 0.2) is 5.76 Å². The van der Waals surface area contributed by atoms with E-state index >= 15 is 0 Å². The van der Waals surface area contributed by atoms with Gasteiger partial charge < -0.3 is 9.15 Å². The normalized spacial score (nSPS) is 13.7. The summed E-state index contributed by atoms with van der Waals surface area (Å²) in [5.41, 5.74) is 0.230. The molecule has 0 radical (unpaired) electrons. The molecular formula is C19H14N2O8S. The van der Waals surface area contributed by atoms with Crippen molar-refractivity contribution in [3.63, 3.8) is 0 Å². The van der Waals surface area contributed by atoms with Crippen molar-refractivity contribution in [2.45, 2.75) is 11.8 Å². The highest BCUT2D eigenvalue weighted by molar-refractivity contribution is 7.85. The number of amides is 2. The van der Waals surface area contributed by atoms with E-state index in [1.807, 2.05) is 0 Å². The Morgan fingerprint density at radius 2 is 1.93 bits per heavy atom. The third-order valence-corrected chi connectivity index (χ3v) is 5.40. The second-order valence-corrected chi connectivity index (χ2v) is 7.87. The van der Waals surface area contributed by atoms with Crippen LogP contribution in [-0.2, 0) is 19.6 Å². The number of ether oxygens (including phenoxy) is 1. The van der Waals surface area contributed by atoms with Crippen LogP contribution in [0.2, 0.25) is 0 Å². The van der Waals surface area contributed by atoms with Crippen molar-refractivity contribution in [3.05, 3.63) is 47.7 Å². The second-order valence-electron chi connectivity index (χ2n) is 6.44. The number of fused-ring (bicyclic) bond motifs is 3. The van der Waals surface area contributed by atoms with Crippen LogP contribution in [-0.4, -0.2) is 53.8 Å². The van der Waals surface area contributed by atoms with E-state index in [4.69, 9.17) is 9.15 Å². The van der Waals surface area contributed by atoms with E-state index in [-0.39, 0.29) is 46.6 Å². The number of pyridine rings is 1. The molecule has 1 aliphatic heterocycles. The van der Waals surface area contributed by atoms with Gasteiger partial charge >= 0.3 is 5.97 Å². The first-order valence-corrected chi connectivity index (χ1v) is 10.1. The second kappa shape index (κ2) is 7.04. The number of imide groups is 1. The van der Waals surface area contributed by atoms with Crippen molar-refractivity contribution in [1.82, 2.24) is 9.88 Å². The molecule has 2 aromatic heterocycles. The molecule has 0 bridgehead atoms. The van der Waals surface area contributed by atoms with E-state index in [1.54, 1.807) is 12.1 Å². The van der Waals surface area contributed by atoms with Crippen LogP contribution in [0.25, 0.3) is 22.4 Å². The number of rotatable bonds is 5. The first-order chi connectivity index (χ1) is 14.2. The number of nitrogens with zero attached hydrogens (tertiary/aromatic N) is 2. The van der Waals surface area contributed by atoms with Crippen molar-refractivity contribution in [2.75, 3.05) is 13.2 Å². The lowest BCUT2D eigenvalue weighted by Gasteiger charge is -2.13. The van der Waals surface area contributed by atoms with Gasteiger partial charge in [-0.3, -0.25) is 23.8 Å². The Morgan fingerprint density at radius 3 is 2.57 bits per heavy atom. The molecule has 3 heterocycles. The Kier molecular flexibility index (Phi) is 4.63. The van der Waals surface area contributed by atoms with Gasteiger partial charge in [0.25, 0.3) is 21.9 Å². The van der Waals surface area contributed by atoms with Gasteiger partial charge in [-0.15, -0.1) is 0 Å².